The molecule has 2 nitrogen and oxygen atoms in total. The molecular formula is C25H31NOS. The Morgan fingerprint density at radius 3 is 2.61 bits per heavy atom. The maximum Gasteiger partial charge on any atom is 0.127 e. The summed E-state index contributed by atoms with van der Waals surface area (Å²) in [6.45, 7) is 4.93. The lowest BCUT2D eigenvalue weighted by atomic mass is 10.0. The van der Waals surface area contributed by atoms with Gasteiger partial charge in [-0.05, 0) is 84.3 Å². The lowest BCUT2D eigenvalue weighted by Crippen LogP contribution is -2.13. The molecule has 0 saturated heterocycles. The number of hydrogen-bond acceptors (Lipinski definition) is 3. The van der Waals surface area contributed by atoms with Crippen LogP contribution in [0.15, 0.2) is 65.4 Å². The van der Waals surface area contributed by atoms with Crippen molar-refractivity contribution in [2.75, 3.05) is 13.2 Å². The summed E-state index contributed by atoms with van der Waals surface area (Å²) < 4.78 is 6.18. The van der Waals surface area contributed by atoms with Crippen LogP contribution >= 0.6 is 11.3 Å². The van der Waals surface area contributed by atoms with E-state index in [4.69, 9.17) is 4.74 Å². The lowest BCUT2D eigenvalue weighted by molar-refractivity contribution is 0.306. The van der Waals surface area contributed by atoms with E-state index in [9.17, 15) is 0 Å². The Bertz CT molecular complexity index is 799. The van der Waals surface area contributed by atoms with Crippen LogP contribution < -0.4 is 10.1 Å². The van der Waals surface area contributed by atoms with Crippen molar-refractivity contribution in [1.82, 2.24) is 5.32 Å². The number of nitrogens with one attached hydrogen (secondary N) is 1. The molecule has 3 rings (SSSR count). The molecule has 0 spiro atoms. The zero-order chi connectivity index (χ0) is 19.4. The van der Waals surface area contributed by atoms with E-state index in [1.807, 2.05) is 0 Å². The number of aryl methyl sites for hydroxylation is 1. The zero-order valence-corrected chi connectivity index (χ0v) is 17.6. The number of thiophene rings is 1. The van der Waals surface area contributed by atoms with Crippen LogP contribution in [0.25, 0.3) is 11.1 Å². The molecule has 0 amide bonds. The minimum absolute atomic E-state index is 0.777. The molecule has 3 heteroatoms. The molecule has 0 aliphatic rings. The van der Waals surface area contributed by atoms with Crippen LogP contribution in [0.4, 0.5) is 0 Å². The Morgan fingerprint density at radius 2 is 1.82 bits per heavy atom. The first-order valence-corrected chi connectivity index (χ1v) is 11.3. The predicted octanol–water partition coefficient (Wildman–Crippen LogP) is 6.71. The maximum absolute atomic E-state index is 6.18. The van der Waals surface area contributed by atoms with E-state index in [2.05, 4.69) is 77.6 Å². The number of hydrogen-bond donors (Lipinski definition) is 1. The Balaban J connectivity index is 1.51. The molecular weight excluding hydrogens is 362 g/mol. The van der Waals surface area contributed by atoms with Crippen LogP contribution in [0.2, 0.25) is 0 Å². The van der Waals surface area contributed by atoms with E-state index < -0.39 is 0 Å². The van der Waals surface area contributed by atoms with Gasteiger partial charge in [0.2, 0.25) is 0 Å². The van der Waals surface area contributed by atoms with Crippen LogP contribution in [0.3, 0.4) is 0 Å². The number of benzene rings is 2. The highest BCUT2D eigenvalue weighted by atomic mass is 32.1. The van der Waals surface area contributed by atoms with Gasteiger partial charge in [0.05, 0.1) is 6.61 Å². The van der Waals surface area contributed by atoms with Gasteiger partial charge in [0.25, 0.3) is 0 Å². The van der Waals surface area contributed by atoms with Crippen LogP contribution in [-0.2, 0) is 13.0 Å². The monoisotopic (exact) mass is 393 g/mol. The molecule has 28 heavy (non-hydrogen) atoms. The maximum atomic E-state index is 6.18. The van der Waals surface area contributed by atoms with Crippen molar-refractivity contribution < 1.29 is 4.74 Å². The quantitative estimate of drug-likeness (QED) is 0.345. The van der Waals surface area contributed by atoms with Gasteiger partial charge in [0, 0.05) is 12.1 Å². The summed E-state index contributed by atoms with van der Waals surface area (Å²) in [5.74, 6) is 1.00. The van der Waals surface area contributed by atoms with Gasteiger partial charge < -0.3 is 10.1 Å². The summed E-state index contributed by atoms with van der Waals surface area (Å²) in [4.78, 5) is 0. The molecule has 0 aliphatic carbocycles. The normalized spacial score (nSPS) is 10.9. The fraction of sp³-hybridized carbons (Fsp3) is 0.360. The molecule has 3 aromatic rings. The number of rotatable bonds is 12. The Morgan fingerprint density at radius 1 is 0.929 bits per heavy atom. The summed E-state index contributed by atoms with van der Waals surface area (Å²) in [5, 5.41) is 7.81. The third kappa shape index (κ3) is 6.50. The van der Waals surface area contributed by atoms with E-state index in [0.29, 0.717) is 0 Å². The van der Waals surface area contributed by atoms with Gasteiger partial charge in [-0.25, -0.2) is 0 Å². The van der Waals surface area contributed by atoms with E-state index >= 15 is 0 Å². The molecule has 2 aromatic carbocycles. The van der Waals surface area contributed by atoms with E-state index in [0.717, 1.165) is 44.7 Å². The Labute approximate surface area is 173 Å². The van der Waals surface area contributed by atoms with Crippen LogP contribution in [0.5, 0.6) is 5.75 Å². The Hall–Kier alpha value is -2.10. The highest BCUT2D eigenvalue weighted by Crippen LogP contribution is 2.32. The summed E-state index contributed by atoms with van der Waals surface area (Å²) in [7, 11) is 0. The smallest absolute Gasteiger partial charge is 0.127 e. The predicted molar refractivity (Wildman–Crippen MR) is 121 cm³/mol. The van der Waals surface area contributed by atoms with Gasteiger partial charge in [-0.2, -0.15) is 11.3 Å². The van der Waals surface area contributed by atoms with Gasteiger partial charge >= 0.3 is 0 Å². The van der Waals surface area contributed by atoms with Gasteiger partial charge in [0.15, 0.2) is 0 Å². The van der Waals surface area contributed by atoms with Crippen molar-refractivity contribution in [2.24, 2.45) is 0 Å². The molecule has 0 fully saturated rings. The van der Waals surface area contributed by atoms with Crippen molar-refractivity contribution in [3.8, 4) is 16.9 Å². The lowest BCUT2D eigenvalue weighted by Gasteiger charge is -2.13. The van der Waals surface area contributed by atoms with Crippen molar-refractivity contribution in [3.05, 3.63) is 76.5 Å². The standard InChI is InChI=1S/C25H31NOS/c1-2-15-26-19-22-12-13-25(24(18-22)23-14-17-28-20-23)27-16-8-4-7-11-21-9-5-3-6-10-21/h3,5-6,9-10,12-14,17-18,20,26H,2,4,7-8,11,15-16,19H2,1H3. The van der Waals surface area contributed by atoms with E-state index in [1.54, 1.807) is 11.3 Å². The van der Waals surface area contributed by atoms with Crippen molar-refractivity contribution in [2.45, 2.75) is 45.6 Å². The zero-order valence-electron chi connectivity index (χ0n) is 16.8. The second kappa shape index (κ2) is 11.7. The second-order valence-electron chi connectivity index (χ2n) is 7.16. The van der Waals surface area contributed by atoms with E-state index in [1.165, 1.54) is 35.1 Å². The minimum Gasteiger partial charge on any atom is -0.493 e. The van der Waals surface area contributed by atoms with Crippen LogP contribution in [0, 0.1) is 0 Å². The number of unbranched alkanes of at least 4 members (excludes halogenated alkanes) is 2. The van der Waals surface area contributed by atoms with Crippen molar-refractivity contribution in [3.63, 3.8) is 0 Å². The van der Waals surface area contributed by atoms with Crippen LogP contribution in [-0.4, -0.2) is 13.2 Å². The summed E-state index contributed by atoms with van der Waals surface area (Å²) in [6.07, 6.45) is 5.81. The SMILES string of the molecule is CCCNCc1ccc(OCCCCCc2ccccc2)c(-c2ccsc2)c1. The molecule has 0 aliphatic heterocycles. The molecule has 0 radical (unpaired) electrons. The third-order valence-electron chi connectivity index (χ3n) is 4.84. The second-order valence-corrected chi connectivity index (χ2v) is 7.94. The highest BCUT2D eigenvalue weighted by Gasteiger charge is 2.09. The summed E-state index contributed by atoms with van der Waals surface area (Å²) in [5.41, 5.74) is 5.20. The first-order chi connectivity index (χ1) is 13.9. The van der Waals surface area contributed by atoms with Gasteiger partial charge in [-0.1, -0.05) is 43.3 Å². The fourth-order valence-electron chi connectivity index (χ4n) is 3.30. The average molecular weight is 394 g/mol. The topological polar surface area (TPSA) is 21.3 Å². The number of ether oxygens (including phenoxy) is 1. The molecule has 1 heterocycles. The molecule has 1 aromatic heterocycles. The minimum atomic E-state index is 0.777. The molecule has 0 bridgehead atoms. The summed E-state index contributed by atoms with van der Waals surface area (Å²) >= 11 is 1.73. The fourth-order valence-corrected chi connectivity index (χ4v) is 3.96. The highest BCUT2D eigenvalue weighted by molar-refractivity contribution is 7.08. The molecule has 0 atom stereocenters. The molecule has 1 N–H and O–H groups in total. The van der Waals surface area contributed by atoms with Crippen molar-refractivity contribution in [1.29, 1.82) is 0 Å². The van der Waals surface area contributed by atoms with Gasteiger partial charge in [-0.3, -0.25) is 0 Å². The first-order valence-electron chi connectivity index (χ1n) is 10.4. The average Bonchev–Trinajstić information content (AvgIpc) is 3.27. The van der Waals surface area contributed by atoms with Gasteiger partial charge in [0.1, 0.15) is 5.75 Å². The summed E-state index contributed by atoms with van der Waals surface area (Å²) in [6, 6.07) is 19.5. The third-order valence-corrected chi connectivity index (χ3v) is 5.53. The van der Waals surface area contributed by atoms with Gasteiger partial charge in [-0.15, -0.1) is 0 Å². The molecule has 0 saturated carbocycles. The molecule has 148 valence electrons. The van der Waals surface area contributed by atoms with Crippen molar-refractivity contribution >= 4 is 11.3 Å². The van der Waals surface area contributed by atoms with E-state index in [-0.39, 0.29) is 0 Å². The largest absolute Gasteiger partial charge is 0.493 e. The van der Waals surface area contributed by atoms with Crippen LogP contribution in [0.1, 0.15) is 43.7 Å². The first kappa shape index (κ1) is 20.6. The molecule has 0 unspecified atom stereocenters. The Kier molecular flexibility index (Phi) is 8.60.